The Kier molecular flexibility index (Phi) is 5.91. The second-order valence-corrected chi connectivity index (χ2v) is 9.80. The molecule has 3 heteroatoms. The Labute approximate surface area is 191 Å². The van der Waals surface area contributed by atoms with E-state index in [9.17, 15) is 4.79 Å². The van der Waals surface area contributed by atoms with Crippen molar-refractivity contribution in [3.63, 3.8) is 0 Å². The van der Waals surface area contributed by atoms with E-state index in [0.29, 0.717) is 11.8 Å². The van der Waals surface area contributed by atoms with Crippen LogP contribution in [-0.2, 0) is 12.8 Å². The second kappa shape index (κ2) is 8.97. The van der Waals surface area contributed by atoms with E-state index in [2.05, 4.69) is 72.3 Å². The van der Waals surface area contributed by atoms with Crippen LogP contribution < -0.4 is 5.32 Å². The number of fused-ring (bicyclic) bond motifs is 1. The van der Waals surface area contributed by atoms with Crippen molar-refractivity contribution in [1.29, 1.82) is 0 Å². The lowest BCUT2D eigenvalue weighted by molar-refractivity contribution is 0.0891. The fourth-order valence-corrected chi connectivity index (χ4v) is 5.61. The van der Waals surface area contributed by atoms with Gasteiger partial charge in [0, 0.05) is 23.0 Å². The van der Waals surface area contributed by atoms with Crippen LogP contribution in [-0.4, -0.2) is 16.5 Å². The van der Waals surface area contributed by atoms with E-state index in [-0.39, 0.29) is 11.9 Å². The van der Waals surface area contributed by atoms with Gasteiger partial charge in [-0.25, -0.2) is 0 Å². The number of hydrogen-bond acceptors (Lipinski definition) is 1. The van der Waals surface area contributed by atoms with Gasteiger partial charge < -0.3 is 9.88 Å². The van der Waals surface area contributed by atoms with Gasteiger partial charge in [-0.1, -0.05) is 57.0 Å². The first-order valence-corrected chi connectivity index (χ1v) is 12.3. The van der Waals surface area contributed by atoms with Crippen molar-refractivity contribution in [3.05, 3.63) is 77.5 Å². The van der Waals surface area contributed by atoms with Gasteiger partial charge in [0.15, 0.2) is 0 Å². The molecule has 1 N–H and O–H groups in total. The number of rotatable bonds is 4. The van der Waals surface area contributed by atoms with Crippen LogP contribution in [0.2, 0.25) is 0 Å². The smallest absolute Gasteiger partial charge is 0.251 e. The summed E-state index contributed by atoms with van der Waals surface area (Å²) in [7, 11) is 0. The number of hydrogen-bond donors (Lipinski definition) is 1. The molecule has 0 bridgehead atoms. The average molecular weight is 427 g/mol. The van der Waals surface area contributed by atoms with Crippen LogP contribution in [0.15, 0.2) is 60.7 Å². The van der Waals surface area contributed by atoms with Crippen molar-refractivity contribution >= 4 is 5.91 Å². The molecule has 1 fully saturated rings. The predicted octanol–water partition coefficient (Wildman–Crippen LogP) is 6.58. The molecule has 3 aromatic rings. The van der Waals surface area contributed by atoms with Gasteiger partial charge in [0.25, 0.3) is 5.91 Å². The van der Waals surface area contributed by atoms with Crippen LogP contribution in [0.1, 0.15) is 67.6 Å². The average Bonchev–Trinajstić information content (AvgIpc) is 3.22. The molecule has 166 valence electrons. The van der Waals surface area contributed by atoms with Crippen molar-refractivity contribution in [2.24, 2.45) is 11.8 Å². The molecular weight excluding hydrogens is 392 g/mol. The fraction of sp³-hybridized carbons (Fsp3) is 0.414. The third-order valence-electron chi connectivity index (χ3n) is 7.78. The fourth-order valence-electron chi connectivity index (χ4n) is 5.61. The number of amides is 1. The molecule has 0 unspecified atom stereocenters. The molecule has 2 aromatic carbocycles. The van der Waals surface area contributed by atoms with Gasteiger partial charge in [-0.2, -0.15) is 0 Å². The zero-order valence-electron chi connectivity index (χ0n) is 19.3. The minimum Gasteiger partial charge on any atom is -0.349 e. The SMILES string of the molecule is C[C@H]1[C@H](C)CCC[C@H]1NC(=O)c1ccc(-n2c(-c3ccccc3)cc3c2CCCC3)cc1. The van der Waals surface area contributed by atoms with Gasteiger partial charge in [-0.15, -0.1) is 0 Å². The Morgan fingerprint density at radius 2 is 1.66 bits per heavy atom. The summed E-state index contributed by atoms with van der Waals surface area (Å²) in [6.45, 7) is 4.58. The van der Waals surface area contributed by atoms with Crippen molar-refractivity contribution in [1.82, 2.24) is 9.88 Å². The normalized spacial score (nSPS) is 22.9. The van der Waals surface area contributed by atoms with Gasteiger partial charge in [0.1, 0.15) is 0 Å². The zero-order chi connectivity index (χ0) is 22.1. The third-order valence-corrected chi connectivity index (χ3v) is 7.78. The highest BCUT2D eigenvalue weighted by molar-refractivity contribution is 5.94. The maximum Gasteiger partial charge on any atom is 0.251 e. The quantitative estimate of drug-likeness (QED) is 0.502. The number of aryl methyl sites for hydroxylation is 1. The van der Waals surface area contributed by atoms with Gasteiger partial charge in [0.2, 0.25) is 0 Å². The molecule has 32 heavy (non-hydrogen) atoms. The van der Waals surface area contributed by atoms with Crippen LogP contribution in [0.5, 0.6) is 0 Å². The number of carbonyl (C=O) groups is 1. The third kappa shape index (κ3) is 4.01. The van der Waals surface area contributed by atoms with Gasteiger partial charge in [-0.05, 0) is 85.4 Å². The molecule has 0 aliphatic heterocycles. The Morgan fingerprint density at radius 3 is 2.44 bits per heavy atom. The summed E-state index contributed by atoms with van der Waals surface area (Å²) >= 11 is 0. The molecule has 1 amide bonds. The summed E-state index contributed by atoms with van der Waals surface area (Å²) in [5.74, 6) is 1.26. The molecule has 3 nitrogen and oxygen atoms in total. The lowest BCUT2D eigenvalue weighted by Gasteiger charge is -2.34. The standard InChI is InChI=1S/C29H34N2O/c1-20-9-8-13-26(21(20)2)30-29(32)23-15-17-25(18-16-23)31-27-14-7-6-12-24(27)19-28(31)22-10-4-3-5-11-22/h3-5,10-11,15-21,26H,6-9,12-14H2,1-2H3,(H,30,32)/t20-,21+,26-/m1/s1. The van der Waals surface area contributed by atoms with Crippen molar-refractivity contribution in [3.8, 4) is 16.9 Å². The lowest BCUT2D eigenvalue weighted by atomic mass is 9.78. The predicted molar refractivity (Wildman–Crippen MR) is 131 cm³/mol. The highest BCUT2D eigenvalue weighted by atomic mass is 16.1. The van der Waals surface area contributed by atoms with Crippen LogP contribution in [0.3, 0.4) is 0 Å². The van der Waals surface area contributed by atoms with E-state index in [1.54, 1.807) is 0 Å². The minimum atomic E-state index is 0.0558. The number of nitrogens with zero attached hydrogens (tertiary/aromatic N) is 1. The molecular formula is C29H34N2O. The van der Waals surface area contributed by atoms with E-state index in [4.69, 9.17) is 0 Å². The molecule has 1 heterocycles. The summed E-state index contributed by atoms with van der Waals surface area (Å²) < 4.78 is 2.41. The molecule has 2 aliphatic carbocycles. The first kappa shape index (κ1) is 21.1. The summed E-state index contributed by atoms with van der Waals surface area (Å²) in [5, 5.41) is 3.31. The Balaban J connectivity index is 1.43. The Hall–Kier alpha value is -2.81. The van der Waals surface area contributed by atoms with Crippen molar-refractivity contribution in [2.45, 2.75) is 64.8 Å². The molecule has 1 aromatic heterocycles. The minimum absolute atomic E-state index is 0.0558. The van der Waals surface area contributed by atoms with E-state index in [1.807, 2.05) is 12.1 Å². The summed E-state index contributed by atoms with van der Waals surface area (Å²) in [6.07, 6.45) is 8.34. The molecule has 0 radical (unpaired) electrons. The van der Waals surface area contributed by atoms with E-state index >= 15 is 0 Å². The number of benzene rings is 2. The van der Waals surface area contributed by atoms with Crippen LogP contribution >= 0.6 is 0 Å². The molecule has 1 saturated carbocycles. The zero-order valence-corrected chi connectivity index (χ0v) is 19.3. The number of aromatic nitrogens is 1. The summed E-state index contributed by atoms with van der Waals surface area (Å²) in [6, 6.07) is 21.5. The largest absolute Gasteiger partial charge is 0.349 e. The first-order chi connectivity index (χ1) is 15.6. The van der Waals surface area contributed by atoms with Crippen molar-refractivity contribution in [2.75, 3.05) is 0 Å². The first-order valence-electron chi connectivity index (χ1n) is 12.3. The Bertz CT molecular complexity index is 1080. The topological polar surface area (TPSA) is 34.0 Å². The van der Waals surface area contributed by atoms with Crippen LogP contribution in [0.25, 0.3) is 16.9 Å². The monoisotopic (exact) mass is 426 g/mol. The number of carbonyl (C=O) groups excluding carboxylic acids is 1. The summed E-state index contributed by atoms with van der Waals surface area (Å²) in [4.78, 5) is 13.0. The summed E-state index contributed by atoms with van der Waals surface area (Å²) in [5.41, 5.74) is 7.28. The van der Waals surface area contributed by atoms with Crippen molar-refractivity contribution < 1.29 is 4.79 Å². The Morgan fingerprint density at radius 1 is 0.906 bits per heavy atom. The molecule has 5 rings (SSSR count). The van der Waals surface area contributed by atoms with E-state index < -0.39 is 0 Å². The van der Waals surface area contributed by atoms with Crippen LogP contribution in [0, 0.1) is 11.8 Å². The van der Waals surface area contributed by atoms with Gasteiger partial charge in [-0.3, -0.25) is 4.79 Å². The molecule has 3 atom stereocenters. The van der Waals surface area contributed by atoms with Crippen LogP contribution in [0.4, 0.5) is 0 Å². The van der Waals surface area contributed by atoms with Gasteiger partial charge in [0.05, 0.1) is 5.69 Å². The maximum atomic E-state index is 13.0. The van der Waals surface area contributed by atoms with E-state index in [0.717, 1.165) is 30.5 Å². The highest BCUT2D eigenvalue weighted by Gasteiger charge is 2.28. The lowest BCUT2D eigenvalue weighted by Crippen LogP contribution is -2.43. The molecule has 2 aliphatic rings. The number of nitrogens with one attached hydrogen (secondary N) is 1. The van der Waals surface area contributed by atoms with Gasteiger partial charge >= 0.3 is 0 Å². The maximum absolute atomic E-state index is 13.0. The molecule has 0 spiro atoms. The highest BCUT2D eigenvalue weighted by Crippen LogP contribution is 2.34. The molecule has 0 saturated heterocycles. The van der Waals surface area contributed by atoms with E-state index in [1.165, 1.54) is 48.2 Å². The second-order valence-electron chi connectivity index (χ2n) is 9.80.